The first kappa shape index (κ1) is 15.0. The van der Waals surface area contributed by atoms with Crippen LogP contribution in [0.1, 0.15) is 42.3 Å². The van der Waals surface area contributed by atoms with E-state index in [0.717, 1.165) is 19.0 Å². The molecule has 0 aromatic heterocycles. The van der Waals surface area contributed by atoms with Crippen molar-refractivity contribution >= 4 is 0 Å². The minimum Gasteiger partial charge on any atom is -0.330 e. The number of hydrogen-bond acceptors (Lipinski definition) is 3. The van der Waals surface area contributed by atoms with Crippen molar-refractivity contribution in [1.29, 1.82) is 0 Å². The van der Waals surface area contributed by atoms with Gasteiger partial charge in [-0.1, -0.05) is 24.3 Å². The minimum atomic E-state index is 0.564. The number of piperidine rings is 1. The lowest BCUT2D eigenvalue weighted by Gasteiger charge is -2.32. The summed E-state index contributed by atoms with van der Waals surface area (Å²) in [6.45, 7) is 4.41. The van der Waals surface area contributed by atoms with Crippen molar-refractivity contribution < 1.29 is 0 Å². The largest absolute Gasteiger partial charge is 0.330 e. The van der Waals surface area contributed by atoms with Crippen molar-refractivity contribution in [3.8, 4) is 0 Å². The van der Waals surface area contributed by atoms with Gasteiger partial charge < -0.3 is 10.6 Å². The molecule has 0 bridgehead atoms. The molecule has 3 heteroatoms. The van der Waals surface area contributed by atoms with Crippen LogP contribution in [0.2, 0.25) is 0 Å². The van der Waals surface area contributed by atoms with Crippen LogP contribution in [0.25, 0.3) is 0 Å². The van der Waals surface area contributed by atoms with Gasteiger partial charge in [-0.3, -0.25) is 4.90 Å². The molecule has 1 aromatic carbocycles. The standard InChI is InChI=1S/C18H29N3/c1-20-9-7-15(8-10-20)16-5-3-4-6-17(16)18-11-14(12-19)13-21(18)2/h3-6,14-15,18H,7-13,19H2,1-2H3. The number of likely N-dealkylation sites (tertiary alicyclic amines) is 2. The molecule has 3 rings (SSSR count). The third-order valence-electron chi connectivity index (χ3n) is 5.48. The maximum Gasteiger partial charge on any atom is 0.0351 e. The molecule has 2 N–H and O–H groups in total. The highest BCUT2D eigenvalue weighted by Crippen LogP contribution is 2.39. The van der Waals surface area contributed by atoms with E-state index in [2.05, 4.69) is 48.2 Å². The molecule has 1 aromatic rings. The number of rotatable bonds is 3. The van der Waals surface area contributed by atoms with E-state index in [-0.39, 0.29) is 0 Å². The number of nitrogens with two attached hydrogens (primary N) is 1. The first-order valence-electron chi connectivity index (χ1n) is 8.36. The molecule has 2 aliphatic rings. The Balaban J connectivity index is 1.83. The zero-order valence-corrected chi connectivity index (χ0v) is 13.5. The van der Waals surface area contributed by atoms with Crippen LogP contribution in [0.5, 0.6) is 0 Å². The van der Waals surface area contributed by atoms with Crippen molar-refractivity contribution in [1.82, 2.24) is 9.80 Å². The van der Waals surface area contributed by atoms with Crippen molar-refractivity contribution in [3.63, 3.8) is 0 Å². The summed E-state index contributed by atoms with van der Waals surface area (Å²) in [6, 6.07) is 9.71. The second kappa shape index (κ2) is 6.47. The fourth-order valence-electron chi connectivity index (χ4n) is 4.15. The first-order chi connectivity index (χ1) is 10.2. The normalized spacial score (nSPS) is 29.1. The van der Waals surface area contributed by atoms with Crippen LogP contribution in [-0.4, -0.2) is 50.1 Å². The van der Waals surface area contributed by atoms with Gasteiger partial charge in [0.2, 0.25) is 0 Å². The Bertz CT molecular complexity index is 465. The van der Waals surface area contributed by atoms with Crippen molar-refractivity contribution in [2.24, 2.45) is 11.7 Å². The lowest BCUT2D eigenvalue weighted by Crippen LogP contribution is -2.30. The molecular weight excluding hydrogens is 258 g/mol. The maximum atomic E-state index is 5.90. The summed E-state index contributed by atoms with van der Waals surface area (Å²) in [5.41, 5.74) is 9.06. The molecule has 116 valence electrons. The maximum absolute atomic E-state index is 5.90. The Labute approximate surface area is 129 Å². The predicted molar refractivity (Wildman–Crippen MR) is 88.4 cm³/mol. The van der Waals surface area contributed by atoms with E-state index in [0.29, 0.717) is 12.0 Å². The van der Waals surface area contributed by atoms with E-state index >= 15 is 0 Å². The van der Waals surface area contributed by atoms with Crippen LogP contribution in [0.4, 0.5) is 0 Å². The molecular formula is C18H29N3. The van der Waals surface area contributed by atoms with E-state index in [1.54, 1.807) is 11.1 Å². The third kappa shape index (κ3) is 3.15. The van der Waals surface area contributed by atoms with Gasteiger partial charge in [0.05, 0.1) is 0 Å². The summed E-state index contributed by atoms with van der Waals surface area (Å²) in [6.07, 6.45) is 3.81. The molecule has 2 atom stereocenters. The van der Waals surface area contributed by atoms with Gasteiger partial charge in [0.1, 0.15) is 0 Å². The zero-order chi connectivity index (χ0) is 14.8. The molecule has 2 aliphatic heterocycles. The van der Waals surface area contributed by atoms with Crippen LogP contribution >= 0.6 is 0 Å². The van der Waals surface area contributed by atoms with E-state index in [4.69, 9.17) is 5.73 Å². The van der Waals surface area contributed by atoms with Gasteiger partial charge in [0.25, 0.3) is 0 Å². The Hall–Kier alpha value is -0.900. The second-order valence-corrected chi connectivity index (χ2v) is 7.00. The predicted octanol–water partition coefficient (Wildman–Crippen LogP) is 2.45. The van der Waals surface area contributed by atoms with E-state index in [1.807, 2.05) is 0 Å². The van der Waals surface area contributed by atoms with Crippen LogP contribution in [-0.2, 0) is 0 Å². The summed E-state index contributed by atoms with van der Waals surface area (Å²) in [4.78, 5) is 4.95. The highest BCUT2D eigenvalue weighted by atomic mass is 15.2. The zero-order valence-electron chi connectivity index (χ0n) is 13.5. The molecule has 3 nitrogen and oxygen atoms in total. The van der Waals surface area contributed by atoms with Gasteiger partial charge in [-0.2, -0.15) is 0 Å². The molecule has 0 amide bonds. The molecule has 21 heavy (non-hydrogen) atoms. The van der Waals surface area contributed by atoms with Gasteiger partial charge in [0.15, 0.2) is 0 Å². The molecule has 2 unspecified atom stereocenters. The van der Waals surface area contributed by atoms with Gasteiger partial charge in [-0.05, 0) is 76.0 Å². The lowest BCUT2D eigenvalue weighted by molar-refractivity contribution is 0.252. The average molecular weight is 287 g/mol. The average Bonchev–Trinajstić information content (AvgIpc) is 2.89. The van der Waals surface area contributed by atoms with Crippen LogP contribution in [0.15, 0.2) is 24.3 Å². The molecule has 2 fully saturated rings. The van der Waals surface area contributed by atoms with Crippen molar-refractivity contribution in [2.45, 2.75) is 31.2 Å². The fourth-order valence-corrected chi connectivity index (χ4v) is 4.15. The van der Waals surface area contributed by atoms with Gasteiger partial charge in [0, 0.05) is 12.6 Å². The van der Waals surface area contributed by atoms with Crippen molar-refractivity contribution in [3.05, 3.63) is 35.4 Å². The Morgan fingerprint density at radius 1 is 1.10 bits per heavy atom. The summed E-state index contributed by atoms with van der Waals surface area (Å²) in [7, 11) is 4.49. The molecule has 2 saturated heterocycles. The SMILES string of the molecule is CN1CCC(c2ccccc2C2CC(CN)CN2C)CC1. The van der Waals surface area contributed by atoms with E-state index in [9.17, 15) is 0 Å². The third-order valence-corrected chi connectivity index (χ3v) is 5.48. The summed E-state index contributed by atoms with van der Waals surface area (Å²) >= 11 is 0. The van der Waals surface area contributed by atoms with Crippen LogP contribution in [0, 0.1) is 5.92 Å². The van der Waals surface area contributed by atoms with Gasteiger partial charge in [-0.25, -0.2) is 0 Å². The number of hydrogen-bond donors (Lipinski definition) is 1. The lowest BCUT2D eigenvalue weighted by atomic mass is 9.83. The highest BCUT2D eigenvalue weighted by molar-refractivity contribution is 5.34. The minimum absolute atomic E-state index is 0.564. The summed E-state index contributed by atoms with van der Waals surface area (Å²) in [5, 5.41) is 0. The van der Waals surface area contributed by atoms with Gasteiger partial charge >= 0.3 is 0 Å². The topological polar surface area (TPSA) is 32.5 Å². The second-order valence-electron chi connectivity index (χ2n) is 7.00. The van der Waals surface area contributed by atoms with Crippen molar-refractivity contribution in [2.75, 3.05) is 40.3 Å². The molecule has 0 aliphatic carbocycles. The molecule has 0 saturated carbocycles. The van der Waals surface area contributed by atoms with Crippen LogP contribution in [0.3, 0.4) is 0 Å². The summed E-state index contributed by atoms with van der Waals surface area (Å²) in [5.74, 6) is 1.40. The molecule has 0 radical (unpaired) electrons. The Morgan fingerprint density at radius 2 is 1.76 bits per heavy atom. The fraction of sp³-hybridized carbons (Fsp3) is 0.667. The van der Waals surface area contributed by atoms with Gasteiger partial charge in [-0.15, -0.1) is 0 Å². The monoisotopic (exact) mass is 287 g/mol. The first-order valence-corrected chi connectivity index (χ1v) is 8.36. The Kier molecular flexibility index (Phi) is 4.63. The van der Waals surface area contributed by atoms with Crippen LogP contribution < -0.4 is 5.73 Å². The van der Waals surface area contributed by atoms with E-state index < -0.39 is 0 Å². The quantitative estimate of drug-likeness (QED) is 0.927. The molecule has 0 spiro atoms. The number of benzene rings is 1. The smallest absolute Gasteiger partial charge is 0.0351 e. The number of nitrogens with zero attached hydrogens (tertiary/aromatic N) is 2. The summed E-state index contributed by atoms with van der Waals surface area (Å²) < 4.78 is 0. The highest BCUT2D eigenvalue weighted by Gasteiger charge is 2.32. The Morgan fingerprint density at radius 3 is 2.38 bits per heavy atom. The van der Waals surface area contributed by atoms with E-state index in [1.165, 1.54) is 32.4 Å². The molecule has 2 heterocycles.